The zero-order valence-corrected chi connectivity index (χ0v) is 10.9. The monoisotopic (exact) mass is 246 g/mol. The highest BCUT2D eigenvalue weighted by molar-refractivity contribution is 6.18. The molecule has 16 heavy (non-hydrogen) atoms. The summed E-state index contributed by atoms with van der Waals surface area (Å²) in [6.45, 7) is 7.29. The minimum Gasteiger partial charge on any atom is -0.374 e. The van der Waals surface area contributed by atoms with E-state index < -0.39 is 0 Å². The summed E-state index contributed by atoms with van der Waals surface area (Å²) < 4.78 is 5.77. The number of nitrogens with one attached hydrogen (secondary N) is 1. The maximum Gasteiger partial charge on any atom is 0.0826 e. The quantitative estimate of drug-likeness (QED) is 0.744. The van der Waals surface area contributed by atoms with Crippen molar-refractivity contribution in [2.24, 2.45) is 0 Å². The molecule has 94 valence electrons. The molecule has 0 bridgehead atoms. The first kappa shape index (κ1) is 12.6. The first-order valence-electron chi connectivity index (χ1n) is 6.43. The summed E-state index contributed by atoms with van der Waals surface area (Å²) in [5.74, 6) is 0.733. The van der Waals surface area contributed by atoms with Gasteiger partial charge in [-0.25, -0.2) is 0 Å². The van der Waals surface area contributed by atoms with E-state index in [9.17, 15) is 0 Å². The van der Waals surface area contributed by atoms with Gasteiger partial charge in [0.15, 0.2) is 0 Å². The number of morpholine rings is 1. The number of likely N-dealkylation sites (N-methyl/N-ethyl adjacent to an activating group) is 1. The fourth-order valence-electron chi connectivity index (χ4n) is 2.48. The van der Waals surface area contributed by atoms with Crippen molar-refractivity contribution < 1.29 is 4.74 Å². The SMILES string of the molecule is CCN1CCOC(CNC2(CCl)CCC2)C1. The minimum atomic E-state index is 0.222. The van der Waals surface area contributed by atoms with Gasteiger partial charge < -0.3 is 10.1 Å². The lowest BCUT2D eigenvalue weighted by Gasteiger charge is -2.43. The van der Waals surface area contributed by atoms with Gasteiger partial charge in [-0.05, 0) is 25.8 Å². The Balaban J connectivity index is 1.72. The van der Waals surface area contributed by atoms with Crippen LogP contribution in [0.2, 0.25) is 0 Å². The maximum absolute atomic E-state index is 6.02. The number of nitrogens with zero attached hydrogens (tertiary/aromatic N) is 1. The summed E-state index contributed by atoms with van der Waals surface area (Å²) >= 11 is 6.02. The molecule has 2 fully saturated rings. The van der Waals surface area contributed by atoms with Crippen LogP contribution in [0.4, 0.5) is 0 Å². The van der Waals surface area contributed by atoms with Crippen LogP contribution in [0.3, 0.4) is 0 Å². The molecular weight excluding hydrogens is 224 g/mol. The van der Waals surface area contributed by atoms with Crippen molar-refractivity contribution in [2.45, 2.75) is 37.8 Å². The Labute approximate surface area is 103 Å². The van der Waals surface area contributed by atoms with E-state index in [1.54, 1.807) is 0 Å². The molecule has 1 saturated carbocycles. The second-order valence-electron chi connectivity index (χ2n) is 5.03. The van der Waals surface area contributed by atoms with Gasteiger partial charge in [0.2, 0.25) is 0 Å². The van der Waals surface area contributed by atoms with Crippen LogP contribution < -0.4 is 5.32 Å². The van der Waals surface area contributed by atoms with Gasteiger partial charge in [0.05, 0.1) is 12.7 Å². The van der Waals surface area contributed by atoms with Gasteiger partial charge in [-0.3, -0.25) is 4.90 Å². The molecule has 0 radical (unpaired) electrons. The number of alkyl halides is 1. The molecule has 0 amide bonds. The molecule has 1 aliphatic heterocycles. The van der Waals surface area contributed by atoms with Gasteiger partial charge >= 0.3 is 0 Å². The van der Waals surface area contributed by atoms with Gasteiger partial charge in [-0.15, -0.1) is 11.6 Å². The zero-order valence-electron chi connectivity index (χ0n) is 10.2. The molecule has 1 saturated heterocycles. The molecule has 1 heterocycles. The third-order valence-electron chi connectivity index (χ3n) is 3.94. The molecular formula is C12H23ClN2O. The molecule has 1 atom stereocenters. The van der Waals surface area contributed by atoms with Crippen LogP contribution in [0, 0.1) is 0 Å². The number of hydrogen-bond acceptors (Lipinski definition) is 3. The van der Waals surface area contributed by atoms with Crippen molar-refractivity contribution in [2.75, 3.05) is 38.7 Å². The summed E-state index contributed by atoms with van der Waals surface area (Å²) in [6, 6.07) is 0. The summed E-state index contributed by atoms with van der Waals surface area (Å²) in [7, 11) is 0. The lowest BCUT2D eigenvalue weighted by atomic mass is 9.78. The van der Waals surface area contributed by atoms with E-state index in [1.165, 1.54) is 19.3 Å². The number of rotatable bonds is 5. The predicted octanol–water partition coefficient (Wildman–Crippen LogP) is 1.46. The van der Waals surface area contributed by atoms with Crippen LogP contribution in [0.15, 0.2) is 0 Å². The molecule has 1 aliphatic carbocycles. The van der Waals surface area contributed by atoms with Crippen molar-refractivity contribution >= 4 is 11.6 Å². The van der Waals surface area contributed by atoms with Gasteiger partial charge in [-0.1, -0.05) is 6.92 Å². The minimum absolute atomic E-state index is 0.222. The second-order valence-corrected chi connectivity index (χ2v) is 5.30. The first-order valence-corrected chi connectivity index (χ1v) is 6.96. The van der Waals surface area contributed by atoms with Gasteiger partial charge in [0, 0.05) is 31.1 Å². The Kier molecular flexibility index (Phi) is 4.48. The average molecular weight is 247 g/mol. The van der Waals surface area contributed by atoms with Crippen LogP contribution in [-0.4, -0.2) is 55.2 Å². The molecule has 4 heteroatoms. The molecule has 2 aliphatic rings. The van der Waals surface area contributed by atoms with E-state index in [1.807, 2.05) is 0 Å². The summed E-state index contributed by atoms with van der Waals surface area (Å²) in [6.07, 6.45) is 4.10. The van der Waals surface area contributed by atoms with E-state index in [0.717, 1.165) is 38.7 Å². The largest absolute Gasteiger partial charge is 0.374 e. The van der Waals surface area contributed by atoms with Crippen molar-refractivity contribution in [3.63, 3.8) is 0 Å². The van der Waals surface area contributed by atoms with E-state index in [2.05, 4.69) is 17.1 Å². The Morgan fingerprint density at radius 1 is 1.50 bits per heavy atom. The van der Waals surface area contributed by atoms with Gasteiger partial charge in [0.25, 0.3) is 0 Å². The normalized spacial score (nSPS) is 30.0. The van der Waals surface area contributed by atoms with Crippen LogP contribution in [0.5, 0.6) is 0 Å². The number of halogens is 1. The summed E-state index contributed by atoms with van der Waals surface area (Å²) in [5, 5.41) is 3.61. The number of hydrogen-bond donors (Lipinski definition) is 1. The topological polar surface area (TPSA) is 24.5 Å². The fourth-order valence-corrected chi connectivity index (χ4v) is 2.84. The lowest BCUT2D eigenvalue weighted by molar-refractivity contribution is -0.0304. The standard InChI is InChI=1S/C12H23ClN2O/c1-2-15-6-7-16-11(9-15)8-14-12(10-13)4-3-5-12/h11,14H,2-10H2,1H3. The molecule has 1 N–H and O–H groups in total. The second kappa shape index (κ2) is 5.67. The first-order chi connectivity index (χ1) is 7.78. The third kappa shape index (κ3) is 2.89. The van der Waals surface area contributed by atoms with Crippen molar-refractivity contribution in [3.8, 4) is 0 Å². The Morgan fingerprint density at radius 3 is 2.88 bits per heavy atom. The summed E-state index contributed by atoms with van der Waals surface area (Å²) in [5.41, 5.74) is 0.222. The Bertz CT molecular complexity index is 216. The highest BCUT2D eigenvalue weighted by Gasteiger charge is 2.36. The molecule has 2 rings (SSSR count). The van der Waals surface area contributed by atoms with Crippen molar-refractivity contribution in [3.05, 3.63) is 0 Å². The molecule has 3 nitrogen and oxygen atoms in total. The molecule has 0 aromatic carbocycles. The van der Waals surface area contributed by atoms with Crippen LogP contribution >= 0.6 is 11.6 Å². The van der Waals surface area contributed by atoms with Crippen molar-refractivity contribution in [1.29, 1.82) is 0 Å². The molecule has 0 aromatic rings. The van der Waals surface area contributed by atoms with E-state index in [4.69, 9.17) is 16.3 Å². The van der Waals surface area contributed by atoms with E-state index >= 15 is 0 Å². The highest BCUT2D eigenvalue weighted by atomic mass is 35.5. The zero-order chi connectivity index (χ0) is 11.4. The van der Waals surface area contributed by atoms with E-state index in [-0.39, 0.29) is 5.54 Å². The van der Waals surface area contributed by atoms with Crippen LogP contribution in [0.25, 0.3) is 0 Å². The van der Waals surface area contributed by atoms with Gasteiger partial charge in [0.1, 0.15) is 0 Å². The van der Waals surface area contributed by atoms with E-state index in [0.29, 0.717) is 6.10 Å². The third-order valence-corrected chi connectivity index (χ3v) is 4.45. The molecule has 0 spiro atoms. The molecule has 0 aromatic heterocycles. The average Bonchev–Trinajstić information content (AvgIpc) is 2.29. The summed E-state index contributed by atoms with van der Waals surface area (Å²) in [4.78, 5) is 2.45. The van der Waals surface area contributed by atoms with Crippen molar-refractivity contribution in [1.82, 2.24) is 10.2 Å². The Hall–Kier alpha value is 0.170. The van der Waals surface area contributed by atoms with Crippen LogP contribution in [-0.2, 0) is 4.74 Å². The number of ether oxygens (including phenoxy) is 1. The van der Waals surface area contributed by atoms with Crippen LogP contribution in [0.1, 0.15) is 26.2 Å². The predicted molar refractivity (Wildman–Crippen MR) is 67.2 cm³/mol. The highest BCUT2D eigenvalue weighted by Crippen LogP contribution is 2.32. The lowest BCUT2D eigenvalue weighted by Crippen LogP contribution is -2.57. The maximum atomic E-state index is 6.02. The fraction of sp³-hybridized carbons (Fsp3) is 1.00. The van der Waals surface area contributed by atoms with Gasteiger partial charge in [-0.2, -0.15) is 0 Å². The Morgan fingerprint density at radius 2 is 2.31 bits per heavy atom. The molecule has 1 unspecified atom stereocenters. The smallest absolute Gasteiger partial charge is 0.0826 e.